The molecule has 0 atom stereocenters. The van der Waals surface area contributed by atoms with E-state index >= 15 is 0 Å². The van der Waals surface area contributed by atoms with Crippen LogP contribution in [0.2, 0.25) is 0 Å². The molecule has 2 nitrogen and oxygen atoms in total. The van der Waals surface area contributed by atoms with Crippen molar-refractivity contribution in [2.75, 3.05) is 0 Å². The van der Waals surface area contributed by atoms with Crippen LogP contribution in [-0.4, -0.2) is 5.97 Å². The van der Waals surface area contributed by atoms with Crippen LogP contribution in [0.4, 0.5) is 0 Å². The van der Waals surface area contributed by atoms with E-state index in [9.17, 15) is 4.79 Å². The fourth-order valence-corrected chi connectivity index (χ4v) is 2.01. The third-order valence-corrected chi connectivity index (χ3v) is 3.20. The van der Waals surface area contributed by atoms with Crippen LogP contribution in [-0.2, 0) is 4.79 Å². The number of carbonyl (C=O) groups excluding carboxylic acids is 1. The van der Waals surface area contributed by atoms with E-state index in [-0.39, 0.29) is 5.97 Å². The summed E-state index contributed by atoms with van der Waals surface area (Å²) in [6.45, 7) is 3.87. The standard InChI is InChI=1S/C13H12O2.C7H8/c1-2-13(14)15-12-9-5-7-10-6-3-4-8-11(10)12;1-7-5-3-2-4-6-7/h3-9H,2H2,1H3;2-6H,1H3. The molecule has 0 bridgehead atoms. The normalized spacial score (nSPS) is 9.73. The summed E-state index contributed by atoms with van der Waals surface area (Å²) in [5, 5.41) is 2.06. The molecule has 0 aliphatic rings. The molecular formula is C20H20O2. The van der Waals surface area contributed by atoms with Crippen LogP contribution in [0.5, 0.6) is 5.75 Å². The summed E-state index contributed by atoms with van der Waals surface area (Å²) in [5.74, 6) is 0.436. The molecule has 0 N–H and O–H groups in total. The van der Waals surface area contributed by atoms with Gasteiger partial charge in [0, 0.05) is 11.8 Å². The van der Waals surface area contributed by atoms with Crippen LogP contribution >= 0.6 is 0 Å². The summed E-state index contributed by atoms with van der Waals surface area (Å²) in [7, 11) is 0. The number of fused-ring (bicyclic) bond motifs is 1. The molecule has 0 fully saturated rings. The lowest BCUT2D eigenvalue weighted by Crippen LogP contribution is -2.05. The van der Waals surface area contributed by atoms with E-state index in [1.807, 2.05) is 60.7 Å². The largest absolute Gasteiger partial charge is 0.426 e. The molecule has 0 radical (unpaired) electrons. The first-order valence-electron chi connectivity index (χ1n) is 7.41. The minimum atomic E-state index is -0.202. The van der Waals surface area contributed by atoms with Crippen molar-refractivity contribution in [3.8, 4) is 5.75 Å². The van der Waals surface area contributed by atoms with Crippen LogP contribution < -0.4 is 4.74 Å². The molecule has 0 spiro atoms. The third-order valence-electron chi connectivity index (χ3n) is 3.20. The topological polar surface area (TPSA) is 26.3 Å². The Morgan fingerprint density at radius 1 is 0.864 bits per heavy atom. The zero-order valence-corrected chi connectivity index (χ0v) is 13.0. The molecule has 22 heavy (non-hydrogen) atoms. The van der Waals surface area contributed by atoms with Gasteiger partial charge in [0.15, 0.2) is 0 Å². The maximum atomic E-state index is 11.2. The number of aryl methyl sites for hydroxylation is 1. The Bertz CT molecular complexity index is 728. The molecule has 112 valence electrons. The molecule has 0 amide bonds. The van der Waals surface area contributed by atoms with E-state index in [0.717, 1.165) is 10.8 Å². The molecule has 3 aromatic carbocycles. The van der Waals surface area contributed by atoms with E-state index in [2.05, 4.69) is 19.1 Å². The van der Waals surface area contributed by atoms with Crippen molar-refractivity contribution < 1.29 is 9.53 Å². The third kappa shape index (κ3) is 4.45. The average Bonchev–Trinajstić information content (AvgIpc) is 2.56. The number of esters is 1. The highest BCUT2D eigenvalue weighted by molar-refractivity contribution is 5.90. The summed E-state index contributed by atoms with van der Waals surface area (Å²) in [6, 6.07) is 23.8. The maximum Gasteiger partial charge on any atom is 0.310 e. The van der Waals surface area contributed by atoms with Crippen molar-refractivity contribution in [2.24, 2.45) is 0 Å². The number of benzene rings is 3. The summed E-state index contributed by atoms with van der Waals surface area (Å²) in [4.78, 5) is 11.2. The molecule has 0 unspecified atom stereocenters. The van der Waals surface area contributed by atoms with Gasteiger partial charge < -0.3 is 4.74 Å². The number of ether oxygens (including phenoxy) is 1. The smallest absolute Gasteiger partial charge is 0.310 e. The highest BCUT2D eigenvalue weighted by Gasteiger charge is 2.04. The number of hydrogen-bond acceptors (Lipinski definition) is 2. The van der Waals surface area contributed by atoms with E-state index in [4.69, 9.17) is 4.74 Å². The summed E-state index contributed by atoms with van der Waals surface area (Å²) < 4.78 is 5.24. The minimum absolute atomic E-state index is 0.202. The Morgan fingerprint density at radius 3 is 2.14 bits per heavy atom. The Kier molecular flexibility index (Phi) is 5.73. The summed E-state index contributed by atoms with van der Waals surface area (Å²) in [6.07, 6.45) is 0.392. The molecule has 0 saturated heterocycles. The van der Waals surface area contributed by atoms with Crippen molar-refractivity contribution in [1.82, 2.24) is 0 Å². The van der Waals surface area contributed by atoms with Crippen molar-refractivity contribution in [1.29, 1.82) is 0 Å². The van der Waals surface area contributed by atoms with Gasteiger partial charge in [-0.15, -0.1) is 0 Å². The van der Waals surface area contributed by atoms with Gasteiger partial charge in [0.2, 0.25) is 0 Å². The lowest BCUT2D eigenvalue weighted by molar-refractivity contribution is -0.133. The fourth-order valence-electron chi connectivity index (χ4n) is 2.01. The SMILES string of the molecule is CCC(=O)Oc1cccc2ccccc12.Cc1ccccc1. The van der Waals surface area contributed by atoms with Crippen LogP contribution in [0, 0.1) is 6.92 Å². The van der Waals surface area contributed by atoms with Crippen molar-refractivity contribution in [3.05, 3.63) is 78.4 Å². The highest BCUT2D eigenvalue weighted by atomic mass is 16.5. The lowest BCUT2D eigenvalue weighted by atomic mass is 10.1. The van der Waals surface area contributed by atoms with Gasteiger partial charge in [-0.1, -0.05) is 79.2 Å². The Balaban J connectivity index is 0.000000211. The predicted molar refractivity (Wildman–Crippen MR) is 91.1 cm³/mol. The first-order valence-corrected chi connectivity index (χ1v) is 7.41. The van der Waals surface area contributed by atoms with Crippen LogP contribution in [0.15, 0.2) is 72.8 Å². The molecule has 0 saturated carbocycles. The highest BCUT2D eigenvalue weighted by Crippen LogP contribution is 2.25. The second-order valence-corrected chi connectivity index (χ2v) is 4.96. The van der Waals surface area contributed by atoms with Crippen LogP contribution in [0.3, 0.4) is 0 Å². The Labute approximate surface area is 131 Å². The monoisotopic (exact) mass is 292 g/mol. The predicted octanol–water partition coefficient (Wildman–Crippen LogP) is 5.15. The Morgan fingerprint density at radius 2 is 1.50 bits per heavy atom. The quantitative estimate of drug-likeness (QED) is 0.482. The van der Waals surface area contributed by atoms with Gasteiger partial charge in [0.25, 0.3) is 0 Å². The number of rotatable bonds is 2. The van der Waals surface area contributed by atoms with Crippen molar-refractivity contribution in [2.45, 2.75) is 20.3 Å². The van der Waals surface area contributed by atoms with E-state index in [1.165, 1.54) is 5.56 Å². The van der Waals surface area contributed by atoms with Gasteiger partial charge in [-0.25, -0.2) is 0 Å². The molecule has 0 heterocycles. The first kappa shape index (κ1) is 15.8. The summed E-state index contributed by atoms with van der Waals surface area (Å²) >= 11 is 0. The molecule has 3 aromatic rings. The van der Waals surface area contributed by atoms with Gasteiger partial charge in [-0.2, -0.15) is 0 Å². The molecule has 0 aliphatic heterocycles. The first-order chi connectivity index (χ1) is 10.7. The zero-order chi connectivity index (χ0) is 15.8. The van der Waals surface area contributed by atoms with E-state index < -0.39 is 0 Å². The van der Waals surface area contributed by atoms with Crippen LogP contribution in [0.25, 0.3) is 10.8 Å². The van der Waals surface area contributed by atoms with Gasteiger partial charge in [0.05, 0.1) is 0 Å². The van der Waals surface area contributed by atoms with E-state index in [0.29, 0.717) is 12.2 Å². The van der Waals surface area contributed by atoms with E-state index in [1.54, 1.807) is 6.92 Å². The molecule has 3 rings (SSSR count). The maximum absolute atomic E-state index is 11.2. The second-order valence-electron chi connectivity index (χ2n) is 4.96. The van der Waals surface area contributed by atoms with Gasteiger partial charge >= 0.3 is 5.97 Å². The fraction of sp³-hybridized carbons (Fsp3) is 0.150. The number of hydrogen-bond donors (Lipinski definition) is 0. The van der Waals surface area contributed by atoms with Gasteiger partial charge in [-0.05, 0) is 18.4 Å². The van der Waals surface area contributed by atoms with Crippen LogP contribution in [0.1, 0.15) is 18.9 Å². The molecule has 2 heteroatoms. The van der Waals surface area contributed by atoms with Gasteiger partial charge in [0.1, 0.15) is 5.75 Å². The molecule has 0 aliphatic carbocycles. The summed E-state index contributed by atoms with van der Waals surface area (Å²) in [5.41, 5.74) is 1.32. The Hall–Kier alpha value is -2.61. The second kappa shape index (κ2) is 7.99. The van der Waals surface area contributed by atoms with Crippen molar-refractivity contribution >= 4 is 16.7 Å². The molecule has 0 aromatic heterocycles. The minimum Gasteiger partial charge on any atom is -0.426 e. The van der Waals surface area contributed by atoms with Gasteiger partial charge in [-0.3, -0.25) is 4.79 Å². The molecular weight excluding hydrogens is 272 g/mol. The number of carbonyl (C=O) groups is 1. The average molecular weight is 292 g/mol. The lowest BCUT2D eigenvalue weighted by Gasteiger charge is -2.06. The van der Waals surface area contributed by atoms with Crippen molar-refractivity contribution in [3.63, 3.8) is 0 Å². The zero-order valence-electron chi connectivity index (χ0n) is 13.0.